The van der Waals surface area contributed by atoms with Gasteiger partial charge < -0.3 is 0 Å². The zero-order valence-electron chi connectivity index (χ0n) is 10.4. The van der Waals surface area contributed by atoms with Gasteiger partial charge in [0.1, 0.15) is 0 Å². The van der Waals surface area contributed by atoms with Crippen LogP contribution in [0.2, 0.25) is 0 Å². The van der Waals surface area contributed by atoms with Crippen molar-refractivity contribution in [1.82, 2.24) is 0 Å². The minimum atomic E-state index is -7.21. The summed E-state index contributed by atoms with van der Waals surface area (Å²) in [5.41, 5.74) is 0. The Balaban J connectivity index is 5.79. The van der Waals surface area contributed by atoms with Gasteiger partial charge in [-0.2, -0.15) is 52.3 Å². The first-order valence-electron chi connectivity index (χ1n) is 5.05. The third-order valence-corrected chi connectivity index (χ3v) is 3.19. The second-order valence-corrected chi connectivity index (χ2v) is 5.92. The Labute approximate surface area is 117 Å². The van der Waals surface area contributed by atoms with Crippen molar-refractivity contribution in [2.24, 2.45) is 0 Å². The van der Waals surface area contributed by atoms with Gasteiger partial charge in [0.05, 0.1) is 5.75 Å². The number of alkyl halides is 10. The van der Waals surface area contributed by atoms with Crippen LogP contribution in [0.5, 0.6) is 0 Å². The van der Waals surface area contributed by atoms with Crippen molar-refractivity contribution in [3.63, 3.8) is 0 Å². The topological polar surface area (TPSA) is 54.4 Å². The van der Waals surface area contributed by atoms with E-state index in [1.54, 1.807) is 0 Å². The van der Waals surface area contributed by atoms with Crippen LogP contribution in [-0.4, -0.2) is 48.3 Å². The summed E-state index contributed by atoms with van der Waals surface area (Å²) in [6, 6.07) is 0. The normalized spacial score (nSPS) is 16.0. The summed E-state index contributed by atoms with van der Waals surface area (Å²) < 4.78 is 156. The van der Waals surface area contributed by atoms with E-state index < -0.39 is 58.8 Å². The van der Waals surface area contributed by atoms with Crippen LogP contribution in [0.1, 0.15) is 13.3 Å². The fourth-order valence-corrected chi connectivity index (χ4v) is 1.63. The number of halogens is 10. The molecule has 134 valence electrons. The van der Waals surface area contributed by atoms with Gasteiger partial charge in [-0.05, 0) is 0 Å². The Morgan fingerprint density at radius 2 is 1.14 bits per heavy atom. The zero-order chi connectivity index (χ0) is 18.4. The van der Waals surface area contributed by atoms with Crippen LogP contribution in [0.4, 0.5) is 43.9 Å². The van der Waals surface area contributed by atoms with Gasteiger partial charge in [-0.15, -0.1) is 0 Å². The fraction of sp³-hybridized carbons (Fsp3) is 1.00. The van der Waals surface area contributed by atoms with Crippen molar-refractivity contribution in [3.05, 3.63) is 0 Å². The van der Waals surface area contributed by atoms with Crippen molar-refractivity contribution in [2.75, 3.05) is 5.75 Å². The molecule has 1 N–H and O–H groups in total. The van der Waals surface area contributed by atoms with Crippen LogP contribution in [0.3, 0.4) is 0 Å². The van der Waals surface area contributed by atoms with Crippen LogP contribution in [-0.2, 0) is 10.1 Å². The monoisotopic (exact) mass is 374 g/mol. The molecular formula is C8H8F10O3S. The maximum atomic E-state index is 13.0. The minimum absolute atomic E-state index is 0.882. The molecule has 0 radical (unpaired) electrons. The molecule has 0 spiro atoms. The van der Waals surface area contributed by atoms with E-state index in [2.05, 4.69) is 0 Å². The molecule has 0 heterocycles. The third kappa shape index (κ3) is 3.58. The molecule has 0 aliphatic carbocycles. The molecule has 0 rings (SSSR count). The van der Waals surface area contributed by atoms with Crippen LogP contribution >= 0.6 is 0 Å². The third-order valence-electron chi connectivity index (χ3n) is 2.47. The Morgan fingerprint density at radius 1 is 0.773 bits per heavy atom. The molecule has 0 aromatic heterocycles. The molecule has 0 amide bonds. The Hall–Kier alpha value is -0.790. The second kappa shape index (κ2) is 5.39. The van der Waals surface area contributed by atoms with Gasteiger partial charge >= 0.3 is 29.6 Å². The van der Waals surface area contributed by atoms with Crippen molar-refractivity contribution < 1.29 is 56.9 Å². The van der Waals surface area contributed by atoms with Crippen molar-refractivity contribution in [1.29, 1.82) is 0 Å². The highest BCUT2D eigenvalue weighted by Gasteiger charge is 2.84. The zero-order valence-corrected chi connectivity index (χ0v) is 11.2. The lowest BCUT2D eigenvalue weighted by atomic mass is 9.94. The molecule has 0 aromatic rings. The highest BCUT2D eigenvalue weighted by atomic mass is 32.2. The van der Waals surface area contributed by atoms with Crippen molar-refractivity contribution in [3.8, 4) is 0 Å². The lowest BCUT2D eigenvalue weighted by molar-refractivity contribution is -0.398. The molecule has 0 aliphatic rings. The number of hydrogen-bond acceptors (Lipinski definition) is 2. The summed E-state index contributed by atoms with van der Waals surface area (Å²) in [5.74, 6) is -35.2. The SMILES string of the molecule is CC(F)(F)C(F)(F)C(F)(F)C(F)(F)C(F)(F)CCS(=O)(=O)O. The average molecular weight is 374 g/mol. The molecular weight excluding hydrogens is 366 g/mol. The first kappa shape index (κ1) is 21.2. The lowest BCUT2D eigenvalue weighted by Gasteiger charge is -2.38. The van der Waals surface area contributed by atoms with E-state index in [0.29, 0.717) is 0 Å². The Kier molecular flexibility index (Phi) is 5.19. The average Bonchev–Trinajstić information content (AvgIpc) is 2.23. The summed E-state index contributed by atoms with van der Waals surface area (Å²) in [7, 11) is -5.32. The van der Waals surface area contributed by atoms with E-state index in [1.165, 1.54) is 0 Å². The maximum absolute atomic E-state index is 13.0. The molecule has 0 aromatic carbocycles. The lowest BCUT2D eigenvalue weighted by Crippen LogP contribution is -2.66. The van der Waals surface area contributed by atoms with E-state index >= 15 is 0 Å². The Bertz CT molecular complexity index is 507. The van der Waals surface area contributed by atoms with Crippen LogP contribution in [0, 0.1) is 0 Å². The fourth-order valence-electron chi connectivity index (χ4n) is 1.12. The highest BCUT2D eigenvalue weighted by molar-refractivity contribution is 7.85. The van der Waals surface area contributed by atoms with Gasteiger partial charge in [0.15, 0.2) is 0 Å². The summed E-state index contributed by atoms with van der Waals surface area (Å²) in [4.78, 5) is 0. The van der Waals surface area contributed by atoms with Gasteiger partial charge in [-0.3, -0.25) is 4.55 Å². The van der Waals surface area contributed by atoms with Gasteiger partial charge in [-0.25, -0.2) is 0 Å². The van der Waals surface area contributed by atoms with Crippen molar-refractivity contribution in [2.45, 2.75) is 43.0 Å². The molecule has 22 heavy (non-hydrogen) atoms. The smallest absolute Gasteiger partial charge is 0.286 e. The summed E-state index contributed by atoms with van der Waals surface area (Å²) >= 11 is 0. The quantitative estimate of drug-likeness (QED) is 0.549. The molecule has 3 nitrogen and oxygen atoms in total. The van der Waals surface area contributed by atoms with Crippen LogP contribution in [0.15, 0.2) is 0 Å². The minimum Gasteiger partial charge on any atom is -0.286 e. The second-order valence-electron chi connectivity index (χ2n) is 4.35. The largest absolute Gasteiger partial charge is 0.384 e. The predicted octanol–water partition coefficient (Wildman–Crippen LogP) is 3.46. The molecule has 0 aliphatic heterocycles. The van der Waals surface area contributed by atoms with Gasteiger partial charge in [0, 0.05) is 13.3 Å². The van der Waals surface area contributed by atoms with Gasteiger partial charge in [-0.1, -0.05) is 0 Å². The summed E-state index contributed by atoms with van der Waals surface area (Å²) in [6.07, 6.45) is -2.69. The summed E-state index contributed by atoms with van der Waals surface area (Å²) in [6.45, 7) is -0.882. The molecule has 0 bridgehead atoms. The summed E-state index contributed by atoms with van der Waals surface area (Å²) in [5, 5.41) is 0. The molecule has 0 saturated carbocycles. The van der Waals surface area contributed by atoms with Crippen LogP contribution in [0.25, 0.3) is 0 Å². The number of hydrogen-bond donors (Lipinski definition) is 1. The predicted molar refractivity (Wildman–Crippen MR) is 51.4 cm³/mol. The van der Waals surface area contributed by atoms with E-state index in [9.17, 15) is 52.3 Å². The van der Waals surface area contributed by atoms with Gasteiger partial charge in [0.2, 0.25) is 0 Å². The van der Waals surface area contributed by atoms with Crippen LogP contribution < -0.4 is 0 Å². The standard InChI is InChI=1S/C8H8F10O3S/c1-4(9,10)6(13,14)8(17,18)7(15,16)5(11,12)2-3-22(19,20)21/h2-3H2,1H3,(H,19,20,21). The van der Waals surface area contributed by atoms with Gasteiger partial charge in [0.25, 0.3) is 10.1 Å². The Morgan fingerprint density at radius 3 is 1.41 bits per heavy atom. The van der Waals surface area contributed by atoms with E-state index in [-0.39, 0.29) is 0 Å². The maximum Gasteiger partial charge on any atom is 0.384 e. The highest BCUT2D eigenvalue weighted by Crippen LogP contribution is 2.57. The van der Waals surface area contributed by atoms with E-state index in [1.807, 2.05) is 0 Å². The first-order chi connectivity index (χ1) is 9.21. The number of rotatable bonds is 7. The van der Waals surface area contributed by atoms with E-state index in [4.69, 9.17) is 4.55 Å². The van der Waals surface area contributed by atoms with Crippen molar-refractivity contribution >= 4 is 10.1 Å². The first-order valence-corrected chi connectivity index (χ1v) is 6.66. The molecule has 0 fully saturated rings. The molecule has 0 atom stereocenters. The van der Waals surface area contributed by atoms with E-state index in [0.717, 1.165) is 0 Å². The molecule has 14 heteroatoms. The molecule has 0 saturated heterocycles. The molecule has 0 unspecified atom stereocenters.